The lowest BCUT2D eigenvalue weighted by atomic mass is 9.86. The Morgan fingerprint density at radius 1 is 1.25 bits per heavy atom. The fraction of sp³-hybridized carbons (Fsp3) is 0.385. The van der Waals surface area contributed by atoms with Crippen LogP contribution in [0.4, 0.5) is 0 Å². The van der Waals surface area contributed by atoms with Crippen molar-refractivity contribution in [3.05, 3.63) is 34.5 Å². The summed E-state index contributed by atoms with van der Waals surface area (Å²) in [6.45, 7) is 6.34. The van der Waals surface area contributed by atoms with E-state index in [2.05, 4.69) is 36.7 Å². The zero-order valence-corrected chi connectivity index (χ0v) is 11.3. The Hall–Kier alpha value is -0.800. The second-order valence-electron chi connectivity index (χ2n) is 5.17. The average Bonchev–Trinajstić information content (AvgIpc) is 2.57. The van der Waals surface area contributed by atoms with Crippen LogP contribution in [0.3, 0.4) is 0 Å². The van der Waals surface area contributed by atoms with Gasteiger partial charge < -0.3 is 10.2 Å². The maximum Gasteiger partial charge on any atom is 0.134 e. The van der Waals surface area contributed by atoms with Gasteiger partial charge in [-0.15, -0.1) is 0 Å². The number of nitrogens with two attached hydrogens (primary N) is 1. The predicted molar refractivity (Wildman–Crippen MR) is 70.3 cm³/mol. The fourth-order valence-electron chi connectivity index (χ4n) is 1.61. The minimum atomic E-state index is -0.0846. The second kappa shape index (κ2) is 3.90. The molecule has 0 aliphatic heterocycles. The number of hydrogen-bond donors (Lipinski definition) is 1. The van der Waals surface area contributed by atoms with Crippen molar-refractivity contribution >= 4 is 26.9 Å². The van der Waals surface area contributed by atoms with Crippen molar-refractivity contribution in [2.45, 2.75) is 26.8 Å². The molecule has 86 valence electrons. The van der Waals surface area contributed by atoms with Crippen LogP contribution in [0.5, 0.6) is 0 Å². The lowest BCUT2D eigenvalue weighted by molar-refractivity contribution is 0.290. The molecule has 0 aliphatic carbocycles. The van der Waals surface area contributed by atoms with Gasteiger partial charge in [-0.05, 0) is 29.7 Å². The average molecular weight is 282 g/mol. The Morgan fingerprint density at radius 2 is 1.94 bits per heavy atom. The van der Waals surface area contributed by atoms with Gasteiger partial charge >= 0.3 is 0 Å². The van der Waals surface area contributed by atoms with E-state index in [1.807, 2.05) is 24.3 Å². The van der Waals surface area contributed by atoms with Gasteiger partial charge in [0.25, 0.3) is 0 Å². The van der Waals surface area contributed by atoms with Gasteiger partial charge in [-0.2, -0.15) is 0 Å². The van der Waals surface area contributed by atoms with Gasteiger partial charge in [0.05, 0.1) is 6.04 Å². The van der Waals surface area contributed by atoms with E-state index in [0.717, 1.165) is 21.2 Å². The van der Waals surface area contributed by atoms with Crippen molar-refractivity contribution in [1.29, 1.82) is 0 Å². The van der Waals surface area contributed by atoms with Gasteiger partial charge in [-0.3, -0.25) is 0 Å². The van der Waals surface area contributed by atoms with E-state index < -0.39 is 0 Å². The minimum absolute atomic E-state index is 0.00507. The van der Waals surface area contributed by atoms with Crippen molar-refractivity contribution < 1.29 is 4.42 Å². The highest BCUT2D eigenvalue weighted by atomic mass is 79.9. The van der Waals surface area contributed by atoms with E-state index in [1.54, 1.807) is 0 Å². The summed E-state index contributed by atoms with van der Waals surface area (Å²) >= 11 is 3.45. The highest BCUT2D eigenvalue weighted by Crippen LogP contribution is 2.34. The van der Waals surface area contributed by atoms with Crippen molar-refractivity contribution in [3.8, 4) is 0 Å². The van der Waals surface area contributed by atoms with Crippen molar-refractivity contribution in [1.82, 2.24) is 0 Å². The Morgan fingerprint density at radius 3 is 2.56 bits per heavy atom. The van der Waals surface area contributed by atoms with E-state index in [-0.39, 0.29) is 11.5 Å². The molecule has 0 spiro atoms. The van der Waals surface area contributed by atoms with Gasteiger partial charge in [-0.1, -0.05) is 36.7 Å². The molecule has 0 amide bonds. The number of hydrogen-bond acceptors (Lipinski definition) is 2. The van der Waals surface area contributed by atoms with Crippen LogP contribution < -0.4 is 5.73 Å². The SMILES string of the molecule is CC(C)(C)C(N)c1cc2cc(Br)ccc2o1. The maximum absolute atomic E-state index is 6.17. The molecule has 2 rings (SSSR count). The summed E-state index contributed by atoms with van der Waals surface area (Å²) in [6.07, 6.45) is 0. The van der Waals surface area contributed by atoms with Crippen LogP contribution in [0.25, 0.3) is 11.0 Å². The summed E-state index contributed by atoms with van der Waals surface area (Å²) < 4.78 is 6.82. The van der Waals surface area contributed by atoms with E-state index >= 15 is 0 Å². The molecule has 2 N–H and O–H groups in total. The number of rotatable bonds is 1. The summed E-state index contributed by atoms with van der Waals surface area (Å²) in [5.41, 5.74) is 7.06. The van der Waals surface area contributed by atoms with E-state index in [1.165, 1.54) is 0 Å². The molecule has 0 saturated carbocycles. The molecular weight excluding hydrogens is 266 g/mol. The number of benzene rings is 1. The van der Waals surface area contributed by atoms with Crippen LogP contribution in [0.15, 0.2) is 33.2 Å². The minimum Gasteiger partial charge on any atom is -0.459 e. The lowest BCUT2D eigenvalue weighted by Gasteiger charge is -2.24. The molecule has 1 aromatic heterocycles. The third-order valence-electron chi connectivity index (χ3n) is 2.74. The molecular formula is C13H16BrNO. The van der Waals surface area contributed by atoms with Crippen LogP contribution in [0.2, 0.25) is 0 Å². The quantitative estimate of drug-likeness (QED) is 0.849. The number of fused-ring (bicyclic) bond motifs is 1. The first-order valence-corrected chi connectivity index (χ1v) is 6.12. The summed E-state index contributed by atoms with van der Waals surface area (Å²) in [4.78, 5) is 0. The first kappa shape index (κ1) is 11.7. The smallest absolute Gasteiger partial charge is 0.134 e. The molecule has 0 fully saturated rings. The van der Waals surface area contributed by atoms with Gasteiger partial charge in [-0.25, -0.2) is 0 Å². The molecule has 0 saturated heterocycles. The number of halogens is 1. The fourth-order valence-corrected chi connectivity index (χ4v) is 1.99. The number of furan rings is 1. The third-order valence-corrected chi connectivity index (χ3v) is 3.23. The molecule has 1 aromatic carbocycles. The third kappa shape index (κ3) is 2.15. The summed E-state index contributed by atoms with van der Waals surface area (Å²) in [6, 6.07) is 7.91. The molecule has 1 unspecified atom stereocenters. The normalized spacial score (nSPS) is 14.3. The Labute approximate surface area is 104 Å². The van der Waals surface area contributed by atoms with Crippen LogP contribution in [0, 0.1) is 5.41 Å². The zero-order chi connectivity index (χ0) is 11.9. The Bertz CT molecular complexity index is 510. The first-order chi connectivity index (χ1) is 7.38. The monoisotopic (exact) mass is 281 g/mol. The Balaban J connectivity index is 2.47. The van der Waals surface area contributed by atoms with Gasteiger partial charge in [0.1, 0.15) is 11.3 Å². The van der Waals surface area contributed by atoms with Gasteiger partial charge in [0.15, 0.2) is 0 Å². The van der Waals surface area contributed by atoms with Crippen molar-refractivity contribution in [2.24, 2.45) is 11.1 Å². The molecule has 0 radical (unpaired) electrons. The summed E-state index contributed by atoms with van der Waals surface area (Å²) in [7, 11) is 0. The molecule has 0 bridgehead atoms. The lowest BCUT2D eigenvalue weighted by Crippen LogP contribution is -2.25. The molecule has 16 heavy (non-hydrogen) atoms. The molecule has 2 nitrogen and oxygen atoms in total. The zero-order valence-electron chi connectivity index (χ0n) is 9.75. The van der Waals surface area contributed by atoms with E-state index in [9.17, 15) is 0 Å². The standard InChI is InChI=1S/C13H16BrNO/c1-13(2,3)12(15)11-7-8-6-9(14)4-5-10(8)16-11/h4-7,12H,15H2,1-3H3. The molecule has 2 aromatic rings. The van der Waals surface area contributed by atoms with Crippen molar-refractivity contribution in [2.75, 3.05) is 0 Å². The topological polar surface area (TPSA) is 39.2 Å². The van der Waals surface area contributed by atoms with Gasteiger partial charge in [0, 0.05) is 9.86 Å². The highest BCUT2D eigenvalue weighted by molar-refractivity contribution is 9.10. The molecule has 0 aliphatic rings. The van der Waals surface area contributed by atoms with Crippen LogP contribution in [0.1, 0.15) is 32.6 Å². The van der Waals surface area contributed by atoms with Crippen LogP contribution >= 0.6 is 15.9 Å². The highest BCUT2D eigenvalue weighted by Gasteiger charge is 2.25. The van der Waals surface area contributed by atoms with Crippen LogP contribution in [-0.2, 0) is 0 Å². The largest absolute Gasteiger partial charge is 0.459 e. The maximum atomic E-state index is 6.17. The Kier molecular flexibility index (Phi) is 2.84. The van der Waals surface area contributed by atoms with Crippen LogP contribution in [-0.4, -0.2) is 0 Å². The van der Waals surface area contributed by atoms with E-state index in [0.29, 0.717) is 0 Å². The molecule has 1 atom stereocenters. The summed E-state index contributed by atoms with van der Waals surface area (Å²) in [5.74, 6) is 0.848. The van der Waals surface area contributed by atoms with Crippen molar-refractivity contribution in [3.63, 3.8) is 0 Å². The first-order valence-electron chi connectivity index (χ1n) is 5.32. The molecule has 3 heteroatoms. The predicted octanol–water partition coefficient (Wildman–Crippen LogP) is 4.24. The summed E-state index contributed by atoms with van der Waals surface area (Å²) in [5, 5.41) is 1.09. The second-order valence-corrected chi connectivity index (χ2v) is 6.09. The van der Waals surface area contributed by atoms with E-state index in [4.69, 9.17) is 10.2 Å². The molecule has 1 heterocycles. The van der Waals surface area contributed by atoms with Gasteiger partial charge in [0.2, 0.25) is 0 Å².